The van der Waals surface area contributed by atoms with Gasteiger partial charge in [0, 0.05) is 0 Å². The second-order valence-corrected chi connectivity index (χ2v) is 10.0. The summed E-state index contributed by atoms with van der Waals surface area (Å²) in [4.78, 5) is 0. The predicted molar refractivity (Wildman–Crippen MR) is 78.1 cm³/mol. The molecule has 0 aromatic heterocycles. The fourth-order valence-corrected chi connectivity index (χ4v) is 3.71. The minimum absolute atomic E-state index is 0.325. The van der Waals surface area contributed by atoms with Crippen LogP contribution < -0.4 is 4.52 Å². The summed E-state index contributed by atoms with van der Waals surface area (Å²) in [6.45, 7) is 4.13. The molecule has 0 bridgehead atoms. The Morgan fingerprint density at radius 2 is 1.72 bits per heavy atom. The fourth-order valence-electron chi connectivity index (χ4n) is 1.91. The molecule has 0 spiro atoms. The topological polar surface area (TPSA) is 27.7 Å². The van der Waals surface area contributed by atoms with Gasteiger partial charge in [0.2, 0.25) is 0 Å². The quantitative estimate of drug-likeness (QED) is 0.757. The molecule has 2 aromatic carbocycles. The normalized spacial score (nSPS) is 22.7. The molecule has 0 atom stereocenters. The molecular formula is C13H14BrO3P. The molecule has 18 heavy (non-hydrogen) atoms. The molecule has 1 aliphatic rings. The van der Waals surface area contributed by atoms with E-state index in [1.54, 1.807) is 0 Å². The molecule has 1 heterocycles. The van der Waals surface area contributed by atoms with Crippen molar-refractivity contribution in [2.45, 2.75) is 0 Å². The van der Waals surface area contributed by atoms with Gasteiger partial charge in [-0.1, -0.05) is 0 Å². The van der Waals surface area contributed by atoms with Gasteiger partial charge in [-0.25, -0.2) is 0 Å². The summed E-state index contributed by atoms with van der Waals surface area (Å²) in [6, 6.07) is 12.1. The minimum atomic E-state index is -2.81. The van der Waals surface area contributed by atoms with Crippen molar-refractivity contribution in [2.24, 2.45) is 0 Å². The van der Waals surface area contributed by atoms with Crippen LogP contribution in [0.3, 0.4) is 0 Å². The third kappa shape index (κ3) is 2.26. The average Bonchev–Trinajstić information content (AvgIpc) is 2.27. The van der Waals surface area contributed by atoms with Crippen LogP contribution in [0.1, 0.15) is 0 Å². The van der Waals surface area contributed by atoms with Gasteiger partial charge in [-0.15, -0.1) is 0 Å². The zero-order valence-corrected chi connectivity index (χ0v) is 12.7. The molecular weight excluding hydrogens is 315 g/mol. The van der Waals surface area contributed by atoms with E-state index in [2.05, 4.69) is 28.1 Å². The second-order valence-electron chi connectivity index (χ2n) is 4.89. The van der Waals surface area contributed by atoms with Crippen LogP contribution in [0.2, 0.25) is 0 Å². The summed E-state index contributed by atoms with van der Waals surface area (Å²) >= 11 is 3.46. The SMILES string of the molecule is CP1(C)(Oc2ccc3cc(Br)ccc3c2)OCO1. The Hall–Kier alpha value is -0.670. The second kappa shape index (κ2) is 3.91. The van der Waals surface area contributed by atoms with E-state index in [0.29, 0.717) is 6.79 Å². The molecule has 0 radical (unpaired) electrons. The molecule has 5 heteroatoms. The molecule has 1 saturated heterocycles. The number of halogens is 1. The third-order valence-corrected chi connectivity index (χ3v) is 5.85. The van der Waals surface area contributed by atoms with Gasteiger partial charge < -0.3 is 0 Å². The molecule has 0 unspecified atom stereocenters. The van der Waals surface area contributed by atoms with E-state index in [9.17, 15) is 0 Å². The van der Waals surface area contributed by atoms with Crippen molar-refractivity contribution in [2.75, 3.05) is 20.1 Å². The molecule has 1 aliphatic heterocycles. The predicted octanol–water partition coefficient (Wildman–Crippen LogP) is 4.54. The maximum atomic E-state index is 5.94. The van der Waals surface area contributed by atoms with Crippen LogP contribution in [-0.4, -0.2) is 20.1 Å². The molecule has 96 valence electrons. The van der Waals surface area contributed by atoms with Crippen molar-refractivity contribution in [1.29, 1.82) is 0 Å². The zero-order valence-electron chi connectivity index (χ0n) is 10.2. The van der Waals surface area contributed by atoms with E-state index < -0.39 is 7.28 Å². The van der Waals surface area contributed by atoms with Gasteiger partial charge in [-0.3, -0.25) is 0 Å². The number of rotatable bonds is 2. The fraction of sp³-hybridized carbons (Fsp3) is 0.231. The maximum absolute atomic E-state index is 5.94. The molecule has 0 saturated carbocycles. The van der Waals surface area contributed by atoms with E-state index in [4.69, 9.17) is 13.6 Å². The molecule has 2 aromatic rings. The van der Waals surface area contributed by atoms with Gasteiger partial charge in [-0.2, -0.15) is 0 Å². The van der Waals surface area contributed by atoms with E-state index in [-0.39, 0.29) is 0 Å². The van der Waals surface area contributed by atoms with Gasteiger partial charge in [0.05, 0.1) is 0 Å². The van der Waals surface area contributed by atoms with Crippen molar-refractivity contribution in [3.05, 3.63) is 40.9 Å². The van der Waals surface area contributed by atoms with Gasteiger partial charge in [0.1, 0.15) is 0 Å². The summed E-state index contributed by atoms with van der Waals surface area (Å²) in [6.07, 6.45) is 0. The van der Waals surface area contributed by atoms with Crippen molar-refractivity contribution >= 4 is 34.0 Å². The van der Waals surface area contributed by atoms with Gasteiger partial charge in [0.15, 0.2) is 0 Å². The Bertz CT molecular complexity index is 619. The Kier molecular flexibility index (Phi) is 2.69. The monoisotopic (exact) mass is 328 g/mol. The average molecular weight is 329 g/mol. The first kappa shape index (κ1) is 12.4. The Labute approximate surface area is 114 Å². The number of hydrogen-bond donors (Lipinski definition) is 0. The molecule has 0 aliphatic carbocycles. The summed E-state index contributed by atoms with van der Waals surface area (Å²) in [5.74, 6) is 0.784. The van der Waals surface area contributed by atoms with Crippen LogP contribution in [0.4, 0.5) is 0 Å². The van der Waals surface area contributed by atoms with Crippen LogP contribution in [0.5, 0.6) is 5.75 Å². The van der Waals surface area contributed by atoms with Crippen LogP contribution >= 0.6 is 23.2 Å². The van der Waals surface area contributed by atoms with Crippen LogP contribution in [-0.2, 0) is 9.05 Å². The molecule has 0 N–H and O–H groups in total. The van der Waals surface area contributed by atoms with E-state index in [1.807, 2.05) is 37.6 Å². The van der Waals surface area contributed by atoms with Crippen molar-refractivity contribution < 1.29 is 13.6 Å². The first-order chi connectivity index (χ1) is 8.43. The number of hydrogen-bond acceptors (Lipinski definition) is 3. The van der Waals surface area contributed by atoms with Crippen LogP contribution in [0.25, 0.3) is 10.8 Å². The van der Waals surface area contributed by atoms with Crippen LogP contribution in [0, 0.1) is 0 Å². The third-order valence-electron chi connectivity index (χ3n) is 2.97. The molecule has 3 nitrogen and oxygen atoms in total. The standard InChI is InChI=1S/C13H14BrO3P/c1-18(2,15-9-16-18)17-13-6-4-10-7-12(14)5-3-11(10)8-13/h3-8H,9H2,1-2H3. The summed E-state index contributed by atoms with van der Waals surface area (Å²) < 4.78 is 18.0. The Morgan fingerprint density at radius 1 is 1.06 bits per heavy atom. The van der Waals surface area contributed by atoms with Gasteiger partial charge >= 0.3 is 114 Å². The molecule has 0 amide bonds. The molecule has 3 rings (SSSR count). The Balaban J connectivity index is 1.97. The Morgan fingerprint density at radius 3 is 2.39 bits per heavy atom. The van der Waals surface area contributed by atoms with E-state index in [0.717, 1.165) is 15.6 Å². The summed E-state index contributed by atoms with van der Waals surface area (Å²) in [5.41, 5.74) is 0. The first-order valence-electron chi connectivity index (χ1n) is 5.64. The van der Waals surface area contributed by atoms with Gasteiger partial charge in [0.25, 0.3) is 0 Å². The molecule has 1 fully saturated rings. The van der Waals surface area contributed by atoms with E-state index in [1.165, 1.54) is 5.39 Å². The van der Waals surface area contributed by atoms with Gasteiger partial charge in [-0.05, 0) is 0 Å². The summed E-state index contributed by atoms with van der Waals surface area (Å²) in [5, 5.41) is 2.30. The number of fused-ring (bicyclic) bond motifs is 1. The zero-order chi connectivity index (χ0) is 12.8. The van der Waals surface area contributed by atoms with Crippen LogP contribution in [0.15, 0.2) is 40.9 Å². The summed E-state index contributed by atoms with van der Waals surface area (Å²) in [7, 11) is -2.81. The number of benzene rings is 2. The van der Waals surface area contributed by atoms with E-state index >= 15 is 0 Å². The van der Waals surface area contributed by atoms with Crippen molar-refractivity contribution in [1.82, 2.24) is 0 Å². The van der Waals surface area contributed by atoms with Crippen molar-refractivity contribution in [3.63, 3.8) is 0 Å². The van der Waals surface area contributed by atoms with Crippen molar-refractivity contribution in [3.8, 4) is 5.75 Å². The first-order valence-corrected chi connectivity index (χ1v) is 9.32.